The molecule has 2 aliphatic rings. The molecule has 0 spiro atoms. The predicted molar refractivity (Wildman–Crippen MR) is 121 cm³/mol. The number of pyridine rings is 1. The van der Waals surface area contributed by atoms with E-state index < -0.39 is 0 Å². The summed E-state index contributed by atoms with van der Waals surface area (Å²) in [5.74, 6) is 0.861. The van der Waals surface area contributed by atoms with Crippen LogP contribution in [0, 0.1) is 0 Å². The summed E-state index contributed by atoms with van der Waals surface area (Å²) in [5, 5.41) is 0.632. The lowest BCUT2D eigenvalue weighted by Gasteiger charge is -2.23. The van der Waals surface area contributed by atoms with Gasteiger partial charge in [0, 0.05) is 51.4 Å². The van der Waals surface area contributed by atoms with Crippen LogP contribution in [-0.4, -0.2) is 49.3 Å². The number of benzene rings is 1. The normalized spacial score (nSPS) is 19.2. The largest absolute Gasteiger partial charge is 0.488 e. The van der Waals surface area contributed by atoms with Gasteiger partial charge in [0.05, 0.1) is 16.8 Å². The summed E-state index contributed by atoms with van der Waals surface area (Å²) in [6.07, 6.45) is 10.4. The van der Waals surface area contributed by atoms with Gasteiger partial charge in [0.15, 0.2) is 0 Å². The van der Waals surface area contributed by atoms with E-state index in [0.717, 1.165) is 50.5 Å². The Morgan fingerprint density at radius 1 is 1.17 bits per heavy atom. The van der Waals surface area contributed by atoms with Gasteiger partial charge < -0.3 is 19.3 Å². The van der Waals surface area contributed by atoms with E-state index in [1.807, 2.05) is 25.3 Å². The predicted octanol–water partition coefficient (Wildman–Crippen LogP) is 4.43. The van der Waals surface area contributed by atoms with Crippen LogP contribution in [0.1, 0.15) is 17.7 Å². The number of hydrogen-bond acceptors (Lipinski definition) is 5. The second kappa shape index (κ2) is 10.1. The van der Waals surface area contributed by atoms with E-state index >= 15 is 0 Å². The lowest BCUT2D eigenvalue weighted by Crippen LogP contribution is -2.25. The Hall–Kier alpha value is -2.34. The maximum atomic E-state index is 5.86. The van der Waals surface area contributed by atoms with E-state index in [4.69, 9.17) is 21.1 Å². The second-order valence-corrected chi connectivity index (χ2v) is 8.13. The van der Waals surface area contributed by atoms with Gasteiger partial charge in [-0.05, 0) is 54.8 Å². The van der Waals surface area contributed by atoms with Crippen LogP contribution in [0.2, 0.25) is 5.02 Å². The third-order valence-electron chi connectivity index (χ3n) is 5.63. The van der Waals surface area contributed by atoms with E-state index in [-0.39, 0.29) is 0 Å². The number of allylic oxidation sites excluding steroid dienone is 1. The van der Waals surface area contributed by atoms with Crippen LogP contribution in [-0.2, 0) is 22.5 Å². The number of methoxy groups -OCH3 is 1. The first kappa shape index (κ1) is 20.9. The van der Waals surface area contributed by atoms with Crippen LogP contribution >= 0.6 is 11.6 Å². The molecule has 1 atom stereocenters. The number of ether oxygens (including phenoxy) is 2. The van der Waals surface area contributed by atoms with Gasteiger partial charge in [0.2, 0.25) is 0 Å². The Labute approximate surface area is 183 Å². The molecular formula is C24H28ClN3O2. The van der Waals surface area contributed by atoms with E-state index in [9.17, 15) is 0 Å². The zero-order valence-corrected chi connectivity index (χ0v) is 18.1. The number of halogens is 1. The molecule has 2 aromatic rings. The maximum Gasteiger partial charge on any atom is 0.130 e. The highest BCUT2D eigenvalue weighted by Crippen LogP contribution is 2.21. The molecule has 0 amide bonds. The minimum Gasteiger partial charge on any atom is -0.488 e. The molecule has 2 aliphatic heterocycles. The molecule has 1 fully saturated rings. The second-order valence-electron chi connectivity index (χ2n) is 7.69. The monoisotopic (exact) mass is 425 g/mol. The van der Waals surface area contributed by atoms with Crippen molar-refractivity contribution in [2.45, 2.75) is 25.6 Å². The number of hydrogen-bond donors (Lipinski definition) is 0. The third kappa shape index (κ3) is 5.63. The molecule has 0 unspecified atom stereocenters. The molecule has 0 saturated carbocycles. The number of rotatable bonds is 8. The van der Waals surface area contributed by atoms with Crippen LogP contribution in [0.25, 0.3) is 0 Å². The first-order valence-corrected chi connectivity index (χ1v) is 10.8. The standard InChI is InChI=1S/C24H28ClN3O2/c1-29-24-9-13-27(17-24)12-8-19-2-6-22(7-3-19)28-14-10-23(11-15-28)30-18-21-5-4-20(25)16-26-21/h2-7,10-11,14,16,24H,8-9,12-13,15,17-18H2,1H3/t24-/m1/s1. The molecular weight excluding hydrogens is 398 g/mol. The van der Waals surface area contributed by atoms with Crippen molar-refractivity contribution in [3.05, 3.63) is 83.0 Å². The topological polar surface area (TPSA) is 37.8 Å². The lowest BCUT2D eigenvalue weighted by molar-refractivity contribution is 0.108. The number of aromatic nitrogens is 1. The fourth-order valence-corrected chi connectivity index (χ4v) is 3.87. The van der Waals surface area contributed by atoms with Crippen LogP contribution in [0.5, 0.6) is 0 Å². The van der Waals surface area contributed by atoms with Gasteiger partial charge >= 0.3 is 0 Å². The zero-order chi connectivity index (χ0) is 20.8. The van der Waals surface area contributed by atoms with Gasteiger partial charge in [-0.2, -0.15) is 0 Å². The molecule has 0 aliphatic carbocycles. The Bertz CT molecular complexity index is 880. The van der Waals surface area contributed by atoms with Crippen molar-refractivity contribution in [2.75, 3.05) is 38.2 Å². The smallest absolute Gasteiger partial charge is 0.130 e. The minimum atomic E-state index is 0.405. The quantitative estimate of drug-likeness (QED) is 0.625. The molecule has 30 heavy (non-hydrogen) atoms. The molecule has 6 heteroatoms. The van der Waals surface area contributed by atoms with Gasteiger partial charge in [-0.15, -0.1) is 0 Å². The first-order valence-electron chi connectivity index (χ1n) is 10.4. The van der Waals surface area contributed by atoms with Crippen molar-refractivity contribution in [1.29, 1.82) is 0 Å². The summed E-state index contributed by atoms with van der Waals surface area (Å²) in [7, 11) is 1.81. The third-order valence-corrected chi connectivity index (χ3v) is 5.85. The Balaban J connectivity index is 1.23. The molecule has 0 N–H and O–H groups in total. The zero-order valence-electron chi connectivity index (χ0n) is 17.3. The van der Waals surface area contributed by atoms with Crippen molar-refractivity contribution < 1.29 is 9.47 Å². The van der Waals surface area contributed by atoms with Gasteiger partial charge in [-0.25, -0.2) is 0 Å². The summed E-state index contributed by atoms with van der Waals surface area (Å²) in [5.41, 5.74) is 3.42. The van der Waals surface area contributed by atoms with Crippen LogP contribution in [0.15, 0.2) is 66.7 Å². The average Bonchev–Trinajstić information content (AvgIpc) is 3.26. The van der Waals surface area contributed by atoms with Crippen molar-refractivity contribution >= 4 is 17.3 Å². The highest BCUT2D eigenvalue weighted by molar-refractivity contribution is 6.30. The van der Waals surface area contributed by atoms with Crippen LogP contribution in [0.3, 0.4) is 0 Å². The fraction of sp³-hybridized carbons (Fsp3) is 0.375. The van der Waals surface area contributed by atoms with Crippen molar-refractivity contribution in [3.8, 4) is 0 Å². The molecule has 1 aromatic carbocycles. The van der Waals surface area contributed by atoms with Crippen molar-refractivity contribution in [3.63, 3.8) is 0 Å². The molecule has 5 nitrogen and oxygen atoms in total. The van der Waals surface area contributed by atoms with Crippen molar-refractivity contribution in [1.82, 2.24) is 9.88 Å². The van der Waals surface area contributed by atoms with E-state index in [2.05, 4.69) is 51.3 Å². The Morgan fingerprint density at radius 2 is 2.03 bits per heavy atom. The molecule has 0 bridgehead atoms. The van der Waals surface area contributed by atoms with Gasteiger partial charge in [-0.1, -0.05) is 23.7 Å². The maximum absolute atomic E-state index is 5.86. The average molecular weight is 426 g/mol. The Kier molecular flexibility index (Phi) is 7.05. The summed E-state index contributed by atoms with van der Waals surface area (Å²) in [4.78, 5) is 8.95. The molecule has 1 saturated heterocycles. The molecule has 158 valence electrons. The molecule has 3 heterocycles. The van der Waals surface area contributed by atoms with Crippen LogP contribution in [0.4, 0.5) is 5.69 Å². The number of nitrogens with zero attached hydrogens (tertiary/aromatic N) is 3. The Morgan fingerprint density at radius 3 is 2.70 bits per heavy atom. The van der Waals surface area contributed by atoms with Gasteiger partial charge in [0.1, 0.15) is 12.4 Å². The van der Waals surface area contributed by atoms with Gasteiger partial charge in [-0.3, -0.25) is 4.98 Å². The van der Waals surface area contributed by atoms with Crippen LogP contribution < -0.4 is 4.90 Å². The lowest BCUT2D eigenvalue weighted by atomic mass is 10.1. The first-order chi connectivity index (χ1) is 14.7. The number of likely N-dealkylation sites (tertiary alicyclic amines) is 1. The number of anilines is 1. The SMILES string of the molecule is CO[C@@H]1CCN(CCc2ccc(N3C=CC(OCc4ccc(Cl)cn4)=CC3)cc2)C1. The molecule has 0 radical (unpaired) electrons. The minimum absolute atomic E-state index is 0.405. The molecule has 1 aromatic heterocycles. The summed E-state index contributed by atoms with van der Waals surface area (Å²) in [6, 6.07) is 12.6. The van der Waals surface area contributed by atoms with E-state index in [1.165, 1.54) is 11.3 Å². The summed E-state index contributed by atoms with van der Waals surface area (Å²) >= 11 is 5.86. The highest BCUT2D eigenvalue weighted by atomic mass is 35.5. The van der Waals surface area contributed by atoms with E-state index in [1.54, 1.807) is 6.20 Å². The van der Waals surface area contributed by atoms with E-state index in [0.29, 0.717) is 17.7 Å². The summed E-state index contributed by atoms with van der Waals surface area (Å²) in [6.45, 7) is 4.50. The van der Waals surface area contributed by atoms with Gasteiger partial charge in [0.25, 0.3) is 0 Å². The van der Waals surface area contributed by atoms with Crippen molar-refractivity contribution in [2.24, 2.45) is 0 Å². The molecule has 4 rings (SSSR count). The highest BCUT2D eigenvalue weighted by Gasteiger charge is 2.21. The fourth-order valence-electron chi connectivity index (χ4n) is 3.76. The summed E-state index contributed by atoms with van der Waals surface area (Å²) < 4.78 is 11.3.